The molecule has 5 nitrogen and oxygen atoms in total. The molecule has 1 amide bonds. The first kappa shape index (κ1) is 21.2. The smallest absolute Gasteiger partial charge is 0.254 e. The number of carbonyl (C=O) groups is 1. The molecule has 2 heterocycles. The van der Waals surface area contributed by atoms with E-state index in [0.29, 0.717) is 43.2 Å². The predicted molar refractivity (Wildman–Crippen MR) is 120 cm³/mol. The Balaban J connectivity index is 1.52. The summed E-state index contributed by atoms with van der Waals surface area (Å²) in [5.41, 5.74) is 3.56. The molecule has 0 saturated carbocycles. The fourth-order valence-corrected chi connectivity index (χ4v) is 4.04. The van der Waals surface area contributed by atoms with Gasteiger partial charge in [0.2, 0.25) is 0 Å². The van der Waals surface area contributed by atoms with Gasteiger partial charge in [0.25, 0.3) is 5.91 Å². The van der Waals surface area contributed by atoms with Crippen LogP contribution in [0.15, 0.2) is 48.5 Å². The van der Waals surface area contributed by atoms with E-state index in [1.54, 1.807) is 17.0 Å². The largest absolute Gasteiger partial charge is 0.353 e. The Morgan fingerprint density at radius 1 is 1.03 bits per heavy atom. The predicted octanol–water partition coefficient (Wildman–Crippen LogP) is 4.44. The minimum Gasteiger partial charge on any atom is -0.353 e. The average molecular weight is 439 g/mol. The Morgan fingerprint density at radius 2 is 1.74 bits per heavy atom. The van der Waals surface area contributed by atoms with Crippen LogP contribution in [0, 0.1) is 19.7 Å². The normalized spacial score (nSPS) is 14.1. The second-order valence-electron chi connectivity index (χ2n) is 7.75. The van der Waals surface area contributed by atoms with Crippen LogP contribution < -0.4 is 4.90 Å². The molecule has 1 aliphatic rings. The average Bonchev–Trinajstić information content (AvgIpc) is 2.76. The summed E-state index contributed by atoms with van der Waals surface area (Å²) in [6.07, 6.45) is 0.709. The lowest BCUT2D eigenvalue weighted by atomic mass is 10.0. The van der Waals surface area contributed by atoms with Crippen LogP contribution in [-0.4, -0.2) is 47.0 Å². The topological polar surface area (TPSA) is 49.3 Å². The van der Waals surface area contributed by atoms with Crippen LogP contribution in [0.25, 0.3) is 0 Å². The van der Waals surface area contributed by atoms with Gasteiger partial charge in [-0.1, -0.05) is 29.8 Å². The Hall–Kier alpha value is -2.99. The molecule has 1 aliphatic heterocycles. The van der Waals surface area contributed by atoms with Crippen molar-refractivity contribution in [3.05, 3.63) is 87.6 Å². The maximum absolute atomic E-state index is 13.5. The number of anilines is 1. The number of amides is 1. The van der Waals surface area contributed by atoms with Gasteiger partial charge in [-0.05, 0) is 49.7 Å². The molecule has 0 aliphatic carbocycles. The number of carbonyl (C=O) groups excluding carboxylic acids is 1. The zero-order valence-corrected chi connectivity index (χ0v) is 18.4. The number of hydrogen-bond donors (Lipinski definition) is 0. The fraction of sp³-hybridized carbons (Fsp3) is 0.292. The number of hydrogen-bond acceptors (Lipinski definition) is 4. The highest BCUT2D eigenvalue weighted by Crippen LogP contribution is 2.26. The first-order valence-electron chi connectivity index (χ1n) is 10.3. The minimum atomic E-state index is -0.400. The summed E-state index contributed by atoms with van der Waals surface area (Å²) in [5.74, 6) is 1.10. The van der Waals surface area contributed by atoms with Crippen LogP contribution in [0.5, 0.6) is 0 Å². The minimum absolute atomic E-state index is 0.143. The Bertz CT molecular complexity index is 1100. The molecule has 1 aromatic heterocycles. The molecule has 31 heavy (non-hydrogen) atoms. The summed E-state index contributed by atoms with van der Waals surface area (Å²) in [5, 5.41) is 0.708. The van der Waals surface area contributed by atoms with E-state index in [2.05, 4.69) is 9.88 Å². The van der Waals surface area contributed by atoms with Gasteiger partial charge in [0.15, 0.2) is 0 Å². The third kappa shape index (κ3) is 4.85. The monoisotopic (exact) mass is 438 g/mol. The number of nitrogens with zero attached hydrogens (tertiary/aromatic N) is 4. The molecule has 0 radical (unpaired) electrons. The molecule has 0 unspecified atom stereocenters. The van der Waals surface area contributed by atoms with Crippen molar-refractivity contribution in [2.75, 3.05) is 31.1 Å². The van der Waals surface area contributed by atoms with Crippen LogP contribution in [0.2, 0.25) is 5.02 Å². The third-order valence-electron chi connectivity index (χ3n) is 5.54. The van der Waals surface area contributed by atoms with E-state index in [9.17, 15) is 9.18 Å². The molecule has 0 atom stereocenters. The van der Waals surface area contributed by atoms with Crippen LogP contribution in [0.3, 0.4) is 0 Å². The SMILES string of the molecule is Cc1nc(C)c(Cc2ccc(Cl)cc2)c(N2CCN(C(=O)c3cccc(F)c3)CC2)n1. The Labute approximate surface area is 186 Å². The fourth-order valence-electron chi connectivity index (χ4n) is 3.92. The van der Waals surface area contributed by atoms with Gasteiger partial charge in [-0.3, -0.25) is 4.79 Å². The van der Waals surface area contributed by atoms with Gasteiger partial charge in [-0.25, -0.2) is 14.4 Å². The second-order valence-corrected chi connectivity index (χ2v) is 8.19. The van der Waals surface area contributed by atoms with Gasteiger partial charge >= 0.3 is 0 Å². The molecule has 3 aromatic rings. The van der Waals surface area contributed by atoms with E-state index in [1.807, 2.05) is 38.1 Å². The molecular formula is C24H24ClFN4O. The molecule has 160 valence electrons. The Kier molecular flexibility index (Phi) is 6.18. The van der Waals surface area contributed by atoms with Gasteiger partial charge in [-0.2, -0.15) is 0 Å². The van der Waals surface area contributed by atoms with E-state index in [1.165, 1.54) is 12.1 Å². The highest BCUT2D eigenvalue weighted by atomic mass is 35.5. The molecule has 7 heteroatoms. The van der Waals surface area contributed by atoms with Gasteiger partial charge < -0.3 is 9.80 Å². The van der Waals surface area contributed by atoms with E-state index < -0.39 is 5.82 Å². The number of benzene rings is 2. The number of rotatable bonds is 4. The van der Waals surface area contributed by atoms with Crippen LogP contribution >= 0.6 is 11.6 Å². The number of halogens is 2. The summed E-state index contributed by atoms with van der Waals surface area (Å²) >= 11 is 6.03. The van der Waals surface area contributed by atoms with Gasteiger partial charge in [0.05, 0.1) is 0 Å². The molecule has 1 fully saturated rings. The third-order valence-corrected chi connectivity index (χ3v) is 5.79. The van der Waals surface area contributed by atoms with Crippen molar-refractivity contribution in [1.29, 1.82) is 0 Å². The van der Waals surface area contributed by atoms with Crippen molar-refractivity contribution in [3.8, 4) is 0 Å². The first-order valence-corrected chi connectivity index (χ1v) is 10.7. The van der Waals surface area contributed by atoms with Crippen molar-refractivity contribution < 1.29 is 9.18 Å². The summed E-state index contributed by atoms with van der Waals surface area (Å²) in [7, 11) is 0. The number of aromatic nitrogens is 2. The van der Waals surface area contributed by atoms with Crippen molar-refractivity contribution in [3.63, 3.8) is 0 Å². The number of aryl methyl sites for hydroxylation is 2. The molecule has 0 spiro atoms. The second kappa shape index (κ2) is 9.02. The van der Waals surface area contributed by atoms with Gasteiger partial charge in [0.1, 0.15) is 17.5 Å². The highest BCUT2D eigenvalue weighted by Gasteiger charge is 2.25. The van der Waals surface area contributed by atoms with Crippen LogP contribution in [0.4, 0.5) is 10.2 Å². The lowest BCUT2D eigenvalue weighted by Crippen LogP contribution is -2.49. The van der Waals surface area contributed by atoms with E-state index >= 15 is 0 Å². The number of piperazine rings is 1. The molecule has 0 N–H and O–H groups in total. The zero-order valence-electron chi connectivity index (χ0n) is 17.6. The molecular weight excluding hydrogens is 415 g/mol. The quantitative estimate of drug-likeness (QED) is 0.604. The first-order chi connectivity index (χ1) is 14.9. The maximum Gasteiger partial charge on any atom is 0.254 e. The van der Waals surface area contributed by atoms with Crippen molar-refractivity contribution in [2.24, 2.45) is 0 Å². The summed E-state index contributed by atoms with van der Waals surface area (Å²) in [4.78, 5) is 26.0. The van der Waals surface area contributed by atoms with Crippen molar-refractivity contribution in [1.82, 2.24) is 14.9 Å². The molecule has 0 bridgehead atoms. The standard InChI is InChI=1S/C24H24ClFN4O/c1-16-22(14-18-6-8-20(25)9-7-18)23(28-17(2)27-16)29-10-12-30(13-11-29)24(31)19-4-3-5-21(26)15-19/h3-9,15H,10-14H2,1-2H3. The van der Waals surface area contributed by atoms with Crippen molar-refractivity contribution in [2.45, 2.75) is 20.3 Å². The van der Waals surface area contributed by atoms with Crippen LogP contribution in [-0.2, 0) is 6.42 Å². The van der Waals surface area contributed by atoms with E-state index in [-0.39, 0.29) is 5.91 Å². The van der Waals surface area contributed by atoms with Crippen LogP contribution in [0.1, 0.15) is 33.0 Å². The van der Waals surface area contributed by atoms with Crippen molar-refractivity contribution >= 4 is 23.3 Å². The maximum atomic E-state index is 13.5. The highest BCUT2D eigenvalue weighted by molar-refractivity contribution is 6.30. The summed E-state index contributed by atoms with van der Waals surface area (Å²) in [6.45, 7) is 6.32. The zero-order chi connectivity index (χ0) is 22.0. The summed E-state index contributed by atoms with van der Waals surface area (Å²) in [6, 6.07) is 13.7. The molecule has 2 aromatic carbocycles. The van der Waals surface area contributed by atoms with Gasteiger partial charge in [-0.15, -0.1) is 0 Å². The van der Waals surface area contributed by atoms with E-state index in [0.717, 1.165) is 28.5 Å². The molecule has 1 saturated heterocycles. The lowest BCUT2D eigenvalue weighted by molar-refractivity contribution is 0.0746. The van der Waals surface area contributed by atoms with Gasteiger partial charge in [0, 0.05) is 54.4 Å². The molecule has 4 rings (SSSR count). The summed E-state index contributed by atoms with van der Waals surface area (Å²) < 4.78 is 13.5. The Morgan fingerprint density at radius 3 is 2.42 bits per heavy atom. The lowest BCUT2D eigenvalue weighted by Gasteiger charge is -2.36. The van der Waals surface area contributed by atoms with E-state index in [4.69, 9.17) is 16.6 Å².